The molecular formula is C25H23FN2O6S. The number of ether oxygens (including phenoxy) is 3. The Balaban J connectivity index is 1.55. The lowest BCUT2D eigenvalue weighted by Crippen LogP contribution is -2.21. The molecule has 10 heteroatoms. The molecule has 0 aliphatic carbocycles. The van der Waals surface area contributed by atoms with Gasteiger partial charge in [-0.15, -0.1) is 11.8 Å². The molecule has 35 heavy (non-hydrogen) atoms. The number of hydrogen-bond donors (Lipinski definition) is 2. The van der Waals surface area contributed by atoms with Gasteiger partial charge in [-0.2, -0.15) is 0 Å². The van der Waals surface area contributed by atoms with Crippen LogP contribution in [0.25, 0.3) is 0 Å². The van der Waals surface area contributed by atoms with E-state index in [1.165, 1.54) is 38.5 Å². The van der Waals surface area contributed by atoms with E-state index in [0.29, 0.717) is 27.8 Å². The van der Waals surface area contributed by atoms with Gasteiger partial charge in [-0.1, -0.05) is 12.1 Å². The van der Waals surface area contributed by atoms with Crippen LogP contribution in [-0.2, 0) is 14.3 Å². The van der Waals surface area contributed by atoms with E-state index < -0.39 is 24.3 Å². The highest BCUT2D eigenvalue weighted by molar-refractivity contribution is 8.00. The lowest BCUT2D eigenvalue weighted by molar-refractivity contribution is -0.119. The fourth-order valence-electron chi connectivity index (χ4n) is 2.92. The summed E-state index contributed by atoms with van der Waals surface area (Å²) >= 11 is 1.14. The van der Waals surface area contributed by atoms with Gasteiger partial charge in [0.15, 0.2) is 6.61 Å². The standard InChI is InChI=1S/C25H23FN2O6S/c1-32-19-11-18(12-20(13-19)33-2)28-23(29)14-34-25(31)21-5-3-4-6-22(21)35-15-24(30)27-17-9-7-16(26)8-10-17/h3-13H,14-15H2,1-2H3,(H,27,30)(H,28,29). The van der Waals surface area contributed by atoms with E-state index in [-0.39, 0.29) is 17.2 Å². The third-order valence-corrected chi connectivity index (χ3v) is 5.64. The van der Waals surface area contributed by atoms with Crippen LogP contribution >= 0.6 is 11.8 Å². The van der Waals surface area contributed by atoms with Crippen molar-refractivity contribution in [2.24, 2.45) is 0 Å². The maximum Gasteiger partial charge on any atom is 0.339 e. The highest BCUT2D eigenvalue weighted by Gasteiger charge is 2.16. The summed E-state index contributed by atoms with van der Waals surface area (Å²) in [5.74, 6) is -0.973. The van der Waals surface area contributed by atoms with Gasteiger partial charge in [-0.25, -0.2) is 9.18 Å². The van der Waals surface area contributed by atoms with Gasteiger partial charge in [-0.3, -0.25) is 9.59 Å². The maximum absolute atomic E-state index is 13.0. The van der Waals surface area contributed by atoms with E-state index >= 15 is 0 Å². The largest absolute Gasteiger partial charge is 0.497 e. The van der Waals surface area contributed by atoms with Gasteiger partial charge >= 0.3 is 5.97 Å². The molecule has 3 rings (SSSR count). The first kappa shape index (κ1) is 25.6. The maximum atomic E-state index is 13.0. The van der Waals surface area contributed by atoms with Crippen molar-refractivity contribution in [3.05, 3.63) is 78.1 Å². The molecule has 0 spiro atoms. The predicted molar refractivity (Wildman–Crippen MR) is 131 cm³/mol. The number of anilines is 2. The zero-order chi connectivity index (χ0) is 25.2. The smallest absolute Gasteiger partial charge is 0.339 e. The Morgan fingerprint density at radius 2 is 1.46 bits per heavy atom. The molecular weight excluding hydrogens is 475 g/mol. The average Bonchev–Trinajstić information content (AvgIpc) is 2.87. The van der Waals surface area contributed by atoms with Crippen LogP contribution in [0.1, 0.15) is 10.4 Å². The van der Waals surface area contributed by atoms with Gasteiger partial charge in [0.25, 0.3) is 5.91 Å². The summed E-state index contributed by atoms with van der Waals surface area (Å²) in [7, 11) is 2.98. The number of methoxy groups -OCH3 is 2. The number of rotatable bonds is 10. The van der Waals surface area contributed by atoms with E-state index in [1.807, 2.05) is 0 Å². The molecule has 3 aromatic carbocycles. The fourth-order valence-corrected chi connectivity index (χ4v) is 3.76. The van der Waals surface area contributed by atoms with Crippen LogP contribution in [-0.4, -0.2) is 44.4 Å². The van der Waals surface area contributed by atoms with Gasteiger partial charge in [0.2, 0.25) is 5.91 Å². The molecule has 0 saturated heterocycles. The molecule has 2 amide bonds. The van der Waals surface area contributed by atoms with Crippen LogP contribution in [0.3, 0.4) is 0 Å². The molecule has 0 atom stereocenters. The SMILES string of the molecule is COc1cc(NC(=O)COC(=O)c2ccccc2SCC(=O)Nc2ccc(F)cc2)cc(OC)c1. The summed E-state index contributed by atoms with van der Waals surface area (Å²) in [6, 6.07) is 16.9. The van der Waals surface area contributed by atoms with Gasteiger partial charge in [0.05, 0.1) is 25.5 Å². The Bertz CT molecular complexity index is 1180. The molecule has 0 aliphatic rings. The highest BCUT2D eigenvalue weighted by Crippen LogP contribution is 2.26. The second kappa shape index (κ2) is 12.4. The van der Waals surface area contributed by atoms with Crippen molar-refractivity contribution >= 4 is 40.9 Å². The van der Waals surface area contributed by atoms with Crippen molar-refractivity contribution < 1.29 is 33.0 Å². The minimum absolute atomic E-state index is 0.0137. The molecule has 0 bridgehead atoms. The van der Waals surface area contributed by atoms with Crippen molar-refractivity contribution in [2.75, 3.05) is 37.2 Å². The molecule has 0 unspecified atom stereocenters. The predicted octanol–water partition coefficient (Wildman–Crippen LogP) is 4.37. The van der Waals surface area contributed by atoms with Crippen molar-refractivity contribution in [3.8, 4) is 11.5 Å². The Kier molecular flexibility index (Phi) is 9.08. The Hall–Kier alpha value is -4.05. The molecule has 0 aliphatic heterocycles. The van der Waals surface area contributed by atoms with Gasteiger partial charge < -0.3 is 24.8 Å². The summed E-state index contributed by atoms with van der Waals surface area (Å²) in [4.78, 5) is 37.6. The van der Waals surface area contributed by atoms with E-state index in [2.05, 4.69) is 10.6 Å². The number of thioether (sulfide) groups is 1. The van der Waals surface area contributed by atoms with Gasteiger partial charge in [0, 0.05) is 34.5 Å². The number of carbonyl (C=O) groups excluding carboxylic acids is 3. The normalized spacial score (nSPS) is 10.3. The quantitative estimate of drug-likeness (QED) is 0.316. The van der Waals surface area contributed by atoms with Crippen molar-refractivity contribution in [2.45, 2.75) is 4.90 Å². The topological polar surface area (TPSA) is 103 Å². The Morgan fingerprint density at radius 3 is 2.11 bits per heavy atom. The zero-order valence-corrected chi connectivity index (χ0v) is 19.8. The molecule has 3 aromatic rings. The Morgan fingerprint density at radius 1 is 0.829 bits per heavy atom. The van der Waals surface area contributed by atoms with Crippen molar-refractivity contribution in [1.29, 1.82) is 0 Å². The van der Waals surface area contributed by atoms with Gasteiger partial charge in [-0.05, 0) is 36.4 Å². The molecule has 0 saturated carbocycles. The minimum Gasteiger partial charge on any atom is -0.497 e. The van der Waals surface area contributed by atoms with Crippen molar-refractivity contribution in [3.63, 3.8) is 0 Å². The fraction of sp³-hybridized carbons (Fsp3) is 0.160. The number of halogens is 1. The third-order valence-electron chi connectivity index (χ3n) is 4.56. The average molecular weight is 499 g/mol. The molecule has 2 N–H and O–H groups in total. The molecule has 0 radical (unpaired) electrons. The van der Waals surface area contributed by atoms with Crippen LogP contribution in [0, 0.1) is 5.82 Å². The molecule has 8 nitrogen and oxygen atoms in total. The van der Waals surface area contributed by atoms with Gasteiger partial charge in [0.1, 0.15) is 17.3 Å². The van der Waals surface area contributed by atoms with Crippen LogP contribution in [0.4, 0.5) is 15.8 Å². The number of carbonyl (C=O) groups is 3. The summed E-state index contributed by atoms with van der Waals surface area (Å²) in [5.41, 5.74) is 1.11. The van der Waals surface area contributed by atoms with Crippen LogP contribution < -0.4 is 20.1 Å². The molecule has 182 valence electrons. The number of hydrogen-bond acceptors (Lipinski definition) is 7. The van der Waals surface area contributed by atoms with E-state index in [9.17, 15) is 18.8 Å². The van der Waals surface area contributed by atoms with Crippen molar-refractivity contribution in [1.82, 2.24) is 0 Å². The van der Waals surface area contributed by atoms with Crippen LogP contribution in [0.2, 0.25) is 0 Å². The second-order valence-electron chi connectivity index (χ2n) is 7.07. The molecule has 0 fully saturated rings. The first-order valence-electron chi connectivity index (χ1n) is 10.3. The molecule has 0 heterocycles. The number of nitrogens with one attached hydrogen (secondary N) is 2. The second-order valence-corrected chi connectivity index (χ2v) is 8.08. The van der Waals surface area contributed by atoms with E-state index in [4.69, 9.17) is 14.2 Å². The van der Waals surface area contributed by atoms with E-state index in [1.54, 1.807) is 42.5 Å². The summed E-state index contributed by atoms with van der Waals surface area (Å²) in [6.45, 7) is -0.511. The van der Waals surface area contributed by atoms with Crippen LogP contribution in [0.5, 0.6) is 11.5 Å². The van der Waals surface area contributed by atoms with E-state index in [0.717, 1.165) is 11.8 Å². The third kappa shape index (κ3) is 7.75. The monoisotopic (exact) mass is 498 g/mol. The zero-order valence-electron chi connectivity index (χ0n) is 19.0. The number of benzene rings is 3. The summed E-state index contributed by atoms with van der Waals surface area (Å²) < 4.78 is 28.5. The molecule has 0 aromatic heterocycles. The summed E-state index contributed by atoms with van der Waals surface area (Å²) in [5, 5.41) is 5.28. The first-order valence-corrected chi connectivity index (χ1v) is 11.3. The first-order chi connectivity index (χ1) is 16.9. The lowest BCUT2D eigenvalue weighted by atomic mass is 10.2. The number of esters is 1. The summed E-state index contributed by atoms with van der Waals surface area (Å²) in [6.07, 6.45) is 0. The lowest BCUT2D eigenvalue weighted by Gasteiger charge is -2.11. The highest BCUT2D eigenvalue weighted by atomic mass is 32.2. The Labute approximate surface area is 205 Å². The minimum atomic E-state index is -0.703. The number of amides is 2. The van der Waals surface area contributed by atoms with Crippen LogP contribution in [0.15, 0.2) is 71.6 Å².